The molecular formula is C11H11N3O. The Labute approximate surface area is 85.9 Å². The van der Waals surface area contributed by atoms with Crippen molar-refractivity contribution in [3.05, 3.63) is 59.1 Å². The van der Waals surface area contributed by atoms with E-state index in [1.807, 2.05) is 18.3 Å². The maximum absolute atomic E-state index is 9.98. The van der Waals surface area contributed by atoms with Gasteiger partial charge in [0.15, 0.2) is 0 Å². The lowest BCUT2D eigenvalue weighted by molar-refractivity contribution is 1.06. The molecule has 0 unspecified atom stereocenters. The van der Waals surface area contributed by atoms with Crippen LogP contribution in [-0.2, 0) is 0 Å². The first-order valence-electron chi connectivity index (χ1n) is 4.60. The first-order valence-corrected chi connectivity index (χ1v) is 4.60. The second kappa shape index (κ2) is 4.32. The quantitative estimate of drug-likeness (QED) is 0.510. The Morgan fingerprint density at radius 3 is 2.40 bits per heavy atom. The third-order valence-corrected chi connectivity index (χ3v) is 1.98. The molecule has 0 saturated carbocycles. The van der Waals surface area contributed by atoms with Crippen molar-refractivity contribution in [2.24, 2.45) is 0 Å². The van der Waals surface area contributed by atoms with Crippen LogP contribution in [0.1, 0.15) is 0 Å². The smallest absolute Gasteiger partial charge is 0.263 e. The molecule has 3 aromatic rings. The lowest BCUT2D eigenvalue weighted by Crippen LogP contribution is -1.93. The largest absolute Gasteiger partial charge is 0.361 e. The Hall–Kier alpha value is -2.23. The molecule has 0 fully saturated rings. The summed E-state index contributed by atoms with van der Waals surface area (Å²) in [6, 6.07) is 11.7. The van der Waals surface area contributed by atoms with Crippen LogP contribution in [0.15, 0.2) is 53.6 Å². The van der Waals surface area contributed by atoms with Gasteiger partial charge in [-0.2, -0.15) is 0 Å². The summed E-state index contributed by atoms with van der Waals surface area (Å²) in [5, 5.41) is 6.09. The molecule has 0 amide bonds. The number of nitrogens with one attached hydrogen (secondary N) is 3. The molecule has 15 heavy (non-hydrogen) atoms. The maximum Gasteiger partial charge on any atom is 0.263 e. The maximum atomic E-state index is 9.98. The normalized spacial score (nSPS) is 9.60. The molecule has 0 aliphatic carbocycles. The van der Waals surface area contributed by atoms with Gasteiger partial charge in [-0.05, 0) is 17.5 Å². The number of para-hydroxylation sites is 1. The molecule has 0 atom stereocenters. The third-order valence-electron chi connectivity index (χ3n) is 1.98. The molecule has 4 nitrogen and oxygen atoms in total. The monoisotopic (exact) mass is 201 g/mol. The summed E-state index contributed by atoms with van der Waals surface area (Å²) in [4.78, 5) is 13.1. The topological polar surface area (TPSA) is 64.4 Å². The first-order chi connectivity index (χ1) is 7.36. The Morgan fingerprint density at radius 1 is 0.933 bits per heavy atom. The van der Waals surface area contributed by atoms with Gasteiger partial charge < -0.3 is 10.1 Å². The highest BCUT2D eigenvalue weighted by Crippen LogP contribution is 2.09. The minimum atomic E-state index is -0.0880. The number of benzene rings is 1. The summed E-state index contributed by atoms with van der Waals surface area (Å²) in [6.45, 7) is 0. The Bertz CT molecular complexity index is 529. The van der Waals surface area contributed by atoms with Crippen LogP contribution >= 0.6 is 0 Å². The molecule has 0 spiro atoms. The van der Waals surface area contributed by atoms with Gasteiger partial charge in [0.05, 0.1) is 0 Å². The van der Waals surface area contributed by atoms with Gasteiger partial charge in [0, 0.05) is 24.0 Å². The summed E-state index contributed by atoms with van der Waals surface area (Å²) >= 11 is 0. The van der Waals surface area contributed by atoms with Crippen LogP contribution in [0.3, 0.4) is 0 Å². The summed E-state index contributed by atoms with van der Waals surface area (Å²) in [5.41, 5.74) is 1.12. The summed E-state index contributed by atoms with van der Waals surface area (Å²) in [7, 11) is 0. The van der Waals surface area contributed by atoms with Gasteiger partial charge in [0.25, 0.3) is 5.56 Å². The number of hydrogen-bond acceptors (Lipinski definition) is 1. The highest BCUT2D eigenvalue weighted by atomic mass is 16.1. The number of aromatic nitrogens is 3. The molecule has 4 heteroatoms. The van der Waals surface area contributed by atoms with E-state index >= 15 is 0 Å². The Morgan fingerprint density at radius 2 is 1.80 bits per heavy atom. The average molecular weight is 201 g/mol. The highest BCUT2D eigenvalue weighted by Gasteiger charge is 1.86. The van der Waals surface area contributed by atoms with E-state index in [1.54, 1.807) is 6.20 Å². The van der Waals surface area contributed by atoms with E-state index in [-0.39, 0.29) is 5.56 Å². The van der Waals surface area contributed by atoms with Crippen molar-refractivity contribution in [1.82, 2.24) is 15.2 Å². The molecule has 0 bridgehead atoms. The zero-order chi connectivity index (χ0) is 10.5. The number of rotatable bonds is 0. The van der Waals surface area contributed by atoms with Gasteiger partial charge in [0.1, 0.15) is 0 Å². The van der Waals surface area contributed by atoms with Crippen molar-refractivity contribution in [2.75, 3.05) is 0 Å². The van der Waals surface area contributed by atoms with E-state index in [0.717, 1.165) is 0 Å². The predicted octanol–water partition coefficient (Wildman–Crippen LogP) is 1.87. The lowest BCUT2D eigenvalue weighted by Gasteiger charge is -1.83. The van der Waals surface area contributed by atoms with Crippen LogP contribution in [-0.4, -0.2) is 15.2 Å². The molecule has 0 aliphatic heterocycles. The number of aromatic amines is 3. The van der Waals surface area contributed by atoms with E-state index in [1.165, 1.54) is 17.0 Å². The molecule has 0 aliphatic rings. The van der Waals surface area contributed by atoms with E-state index < -0.39 is 0 Å². The zero-order valence-corrected chi connectivity index (χ0v) is 8.03. The van der Waals surface area contributed by atoms with E-state index in [9.17, 15) is 4.79 Å². The molecule has 3 rings (SSSR count). The fourth-order valence-electron chi connectivity index (χ4n) is 1.27. The molecule has 2 aromatic heterocycles. The first kappa shape index (κ1) is 9.33. The van der Waals surface area contributed by atoms with Gasteiger partial charge in [-0.25, -0.2) is 0 Å². The minimum Gasteiger partial charge on any atom is -0.361 e. The molecule has 3 N–H and O–H groups in total. The SMILES string of the molecule is O=c1cc[nH][nH]1.c1ccc2[nH]ccc2c1. The van der Waals surface area contributed by atoms with Crippen molar-refractivity contribution >= 4 is 10.9 Å². The van der Waals surface area contributed by atoms with Crippen molar-refractivity contribution in [3.8, 4) is 0 Å². The molecular weight excluding hydrogens is 190 g/mol. The van der Waals surface area contributed by atoms with Crippen LogP contribution in [0, 0.1) is 0 Å². The molecule has 0 saturated heterocycles. The molecule has 2 heterocycles. The van der Waals surface area contributed by atoms with Gasteiger partial charge in [-0.1, -0.05) is 18.2 Å². The summed E-state index contributed by atoms with van der Waals surface area (Å²) < 4.78 is 0. The molecule has 76 valence electrons. The minimum absolute atomic E-state index is 0.0880. The zero-order valence-electron chi connectivity index (χ0n) is 8.03. The standard InChI is InChI=1S/C8H7N.C3H4N2O/c1-2-4-8-7(3-1)5-6-9-8;6-3-1-2-4-5-3/h1-6,9H;1-2H,(H2,4,5,6). The molecule has 0 radical (unpaired) electrons. The van der Waals surface area contributed by atoms with Crippen LogP contribution in [0.25, 0.3) is 10.9 Å². The van der Waals surface area contributed by atoms with Crippen molar-refractivity contribution < 1.29 is 0 Å². The number of H-pyrrole nitrogens is 3. The average Bonchev–Trinajstić information content (AvgIpc) is 2.88. The highest BCUT2D eigenvalue weighted by molar-refractivity contribution is 5.78. The Kier molecular flexibility index (Phi) is 2.69. The third kappa shape index (κ3) is 2.37. The predicted molar refractivity (Wildman–Crippen MR) is 59.7 cm³/mol. The number of hydrogen-bond donors (Lipinski definition) is 3. The van der Waals surface area contributed by atoms with Crippen molar-refractivity contribution in [3.63, 3.8) is 0 Å². The van der Waals surface area contributed by atoms with E-state index in [4.69, 9.17) is 0 Å². The van der Waals surface area contributed by atoms with Gasteiger partial charge >= 0.3 is 0 Å². The van der Waals surface area contributed by atoms with Crippen LogP contribution in [0.5, 0.6) is 0 Å². The van der Waals surface area contributed by atoms with Crippen LogP contribution < -0.4 is 5.56 Å². The van der Waals surface area contributed by atoms with Crippen LogP contribution in [0.2, 0.25) is 0 Å². The van der Waals surface area contributed by atoms with Gasteiger partial charge in [-0.15, -0.1) is 0 Å². The molecule has 1 aromatic carbocycles. The fraction of sp³-hybridized carbons (Fsp3) is 0. The van der Waals surface area contributed by atoms with Gasteiger partial charge in [-0.3, -0.25) is 9.89 Å². The van der Waals surface area contributed by atoms with E-state index in [0.29, 0.717) is 0 Å². The Balaban J connectivity index is 0.000000124. The van der Waals surface area contributed by atoms with E-state index in [2.05, 4.69) is 33.4 Å². The lowest BCUT2D eigenvalue weighted by atomic mass is 10.3. The fourth-order valence-corrected chi connectivity index (χ4v) is 1.27. The number of fused-ring (bicyclic) bond motifs is 1. The second-order valence-electron chi connectivity index (χ2n) is 3.03. The van der Waals surface area contributed by atoms with Crippen molar-refractivity contribution in [2.45, 2.75) is 0 Å². The summed E-state index contributed by atoms with van der Waals surface area (Å²) in [5.74, 6) is 0. The van der Waals surface area contributed by atoms with Crippen molar-refractivity contribution in [1.29, 1.82) is 0 Å². The van der Waals surface area contributed by atoms with Gasteiger partial charge in [0.2, 0.25) is 0 Å². The second-order valence-corrected chi connectivity index (χ2v) is 3.03. The van der Waals surface area contributed by atoms with Crippen LogP contribution in [0.4, 0.5) is 0 Å². The summed E-state index contributed by atoms with van der Waals surface area (Å²) in [6.07, 6.45) is 3.49.